The van der Waals surface area contributed by atoms with Crippen molar-refractivity contribution in [2.75, 3.05) is 25.0 Å². The average molecular weight is 323 g/mol. The van der Waals surface area contributed by atoms with Crippen molar-refractivity contribution in [3.05, 3.63) is 29.8 Å². The summed E-state index contributed by atoms with van der Waals surface area (Å²) >= 11 is 0. The Morgan fingerprint density at radius 2 is 2.00 bits per heavy atom. The molecule has 1 aromatic carbocycles. The standard InChI is InChI=1S/C18H26N2O.ClH/c1-13(2)14-5-4-6-15(11-14)20(3)17(21)16-12-18(16)7-9-19-10-8-18;/h4-6,11,13,16,19H,7-10,12H2,1-3H3;1H. The molecule has 22 heavy (non-hydrogen) atoms. The van der Waals surface area contributed by atoms with Crippen LogP contribution in [-0.4, -0.2) is 26.0 Å². The number of anilines is 1. The number of nitrogens with zero attached hydrogens (tertiary/aromatic N) is 1. The highest BCUT2D eigenvalue weighted by molar-refractivity contribution is 5.97. The molecule has 1 aromatic rings. The Morgan fingerprint density at radius 1 is 1.32 bits per heavy atom. The molecule has 0 radical (unpaired) electrons. The monoisotopic (exact) mass is 322 g/mol. The molecular formula is C18H27ClN2O. The number of carbonyl (C=O) groups excluding carboxylic acids is 1. The van der Waals surface area contributed by atoms with Crippen molar-refractivity contribution in [3.8, 4) is 0 Å². The van der Waals surface area contributed by atoms with E-state index in [1.807, 2.05) is 18.0 Å². The van der Waals surface area contributed by atoms with Gasteiger partial charge in [0.05, 0.1) is 0 Å². The van der Waals surface area contributed by atoms with E-state index < -0.39 is 0 Å². The first-order valence-electron chi connectivity index (χ1n) is 8.12. The molecule has 3 rings (SSSR count). The van der Waals surface area contributed by atoms with Crippen LogP contribution in [0, 0.1) is 11.3 Å². The van der Waals surface area contributed by atoms with Gasteiger partial charge in [-0.05, 0) is 61.4 Å². The SMILES string of the molecule is CC(C)c1cccc(N(C)C(=O)C2CC23CCNCC3)c1.Cl. The van der Waals surface area contributed by atoms with Crippen LogP contribution in [0.2, 0.25) is 0 Å². The summed E-state index contributed by atoms with van der Waals surface area (Å²) in [5.41, 5.74) is 2.63. The minimum Gasteiger partial charge on any atom is -0.317 e. The van der Waals surface area contributed by atoms with Gasteiger partial charge in [0.1, 0.15) is 0 Å². The van der Waals surface area contributed by atoms with Crippen LogP contribution in [0.25, 0.3) is 0 Å². The number of nitrogens with one attached hydrogen (secondary N) is 1. The average Bonchev–Trinajstić information content (AvgIpc) is 3.19. The Kier molecular flexibility index (Phi) is 5.18. The van der Waals surface area contributed by atoms with E-state index in [0.717, 1.165) is 38.0 Å². The van der Waals surface area contributed by atoms with E-state index in [1.54, 1.807) is 0 Å². The van der Waals surface area contributed by atoms with Crippen molar-refractivity contribution in [3.63, 3.8) is 0 Å². The van der Waals surface area contributed by atoms with Gasteiger partial charge in [-0.1, -0.05) is 26.0 Å². The summed E-state index contributed by atoms with van der Waals surface area (Å²) in [5.74, 6) is 1.04. The molecule has 1 amide bonds. The normalized spacial score (nSPS) is 22.3. The van der Waals surface area contributed by atoms with E-state index in [2.05, 4.69) is 37.4 Å². The number of hydrogen-bond acceptors (Lipinski definition) is 2. The van der Waals surface area contributed by atoms with Crippen LogP contribution in [0.5, 0.6) is 0 Å². The van der Waals surface area contributed by atoms with Gasteiger partial charge in [0, 0.05) is 18.7 Å². The van der Waals surface area contributed by atoms with Crippen molar-refractivity contribution in [1.29, 1.82) is 0 Å². The van der Waals surface area contributed by atoms with Crippen molar-refractivity contribution >= 4 is 24.0 Å². The number of amides is 1. The zero-order chi connectivity index (χ0) is 15.0. The molecule has 1 spiro atoms. The van der Waals surface area contributed by atoms with E-state index in [9.17, 15) is 4.79 Å². The molecule has 1 aliphatic heterocycles. The Bertz CT molecular complexity index is 538. The van der Waals surface area contributed by atoms with Gasteiger partial charge in [-0.2, -0.15) is 0 Å². The first kappa shape index (κ1) is 17.3. The first-order chi connectivity index (χ1) is 10.0. The molecule has 2 fully saturated rings. The number of benzene rings is 1. The van der Waals surface area contributed by atoms with Gasteiger partial charge < -0.3 is 10.2 Å². The molecule has 1 aliphatic carbocycles. The maximum Gasteiger partial charge on any atom is 0.230 e. The summed E-state index contributed by atoms with van der Waals surface area (Å²) in [6.07, 6.45) is 3.40. The summed E-state index contributed by atoms with van der Waals surface area (Å²) in [6, 6.07) is 8.39. The predicted octanol–water partition coefficient (Wildman–Crippen LogP) is 3.58. The lowest BCUT2D eigenvalue weighted by Crippen LogP contribution is -2.34. The summed E-state index contributed by atoms with van der Waals surface area (Å²) in [4.78, 5) is 14.6. The van der Waals surface area contributed by atoms with Crippen LogP contribution in [0.4, 0.5) is 5.69 Å². The first-order valence-corrected chi connectivity index (χ1v) is 8.12. The number of hydrogen-bond donors (Lipinski definition) is 1. The highest BCUT2D eigenvalue weighted by Gasteiger charge is 2.58. The molecule has 1 unspecified atom stereocenters. The zero-order valence-electron chi connectivity index (χ0n) is 13.8. The van der Waals surface area contributed by atoms with Crippen LogP contribution in [0.3, 0.4) is 0 Å². The largest absolute Gasteiger partial charge is 0.317 e. The molecule has 1 atom stereocenters. The van der Waals surface area contributed by atoms with Crippen LogP contribution in [0.15, 0.2) is 24.3 Å². The third kappa shape index (κ3) is 3.16. The molecule has 1 heterocycles. The fourth-order valence-electron chi connectivity index (χ4n) is 3.63. The Balaban J connectivity index is 0.00000176. The van der Waals surface area contributed by atoms with Gasteiger partial charge in [-0.3, -0.25) is 4.79 Å². The Hall–Kier alpha value is -1.06. The number of halogens is 1. The number of rotatable bonds is 3. The van der Waals surface area contributed by atoms with Crippen LogP contribution in [0.1, 0.15) is 44.6 Å². The minimum absolute atomic E-state index is 0. The predicted molar refractivity (Wildman–Crippen MR) is 93.8 cm³/mol. The summed E-state index contributed by atoms with van der Waals surface area (Å²) in [6.45, 7) is 6.50. The van der Waals surface area contributed by atoms with Crippen molar-refractivity contribution in [1.82, 2.24) is 5.32 Å². The smallest absolute Gasteiger partial charge is 0.230 e. The van der Waals surface area contributed by atoms with E-state index in [4.69, 9.17) is 0 Å². The lowest BCUT2D eigenvalue weighted by Gasteiger charge is -2.25. The van der Waals surface area contributed by atoms with Gasteiger partial charge in [0.15, 0.2) is 0 Å². The van der Waals surface area contributed by atoms with Gasteiger partial charge in [0.25, 0.3) is 0 Å². The topological polar surface area (TPSA) is 32.3 Å². The van der Waals surface area contributed by atoms with Gasteiger partial charge in [0.2, 0.25) is 5.91 Å². The summed E-state index contributed by atoms with van der Waals surface area (Å²) < 4.78 is 0. The van der Waals surface area contributed by atoms with Crippen molar-refractivity contribution in [2.24, 2.45) is 11.3 Å². The highest BCUT2D eigenvalue weighted by Crippen LogP contribution is 2.59. The zero-order valence-corrected chi connectivity index (χ0v) is 14.6. The van der Waals surface area contributed by atoms with Crippen LogP contribution < -0.4 is 10.2 Å². The van der Waals surface area contributed by atoms with Gasteiger partial charge in [-0.15, -0.1) is 12.4 Å². The van der Waals surface area contributed by atoms with E-state index in [-0.39, 0.29) is 18.3 Å². The molecule has 0 bridgehead atoms. The maximum absolute atomic E-state index is 12.8. The second-order valence-corrected chi connectivity index (χ2v) is 7.02. The second-order valence-electron chi connectivity index (χ2n) is 7.02. The maximum atomic E-state index is 12.8. The highest BCUT2D eigenvalue weighted by atomic mass is 35.5. The van der Waals surface area contributed by atoms with E-state index in [0.29, 0.717) is 17.2 Å². The van der Waals surface area contributed by atoms with Crippen LogP contribution in [-0.2, 0) is 4.79 Å². The Morgan fingerprint density at radius 3 is 2.64 bits per heavy atom. The van der Waals surface area contributed by atoms with E-state index >= 15 is 0 Å². The van der Waals surface area contributed by atoms with Crippen molar-refractivity contribution in [2.45, 2.75) is 39.0 Å². The molecule has 122 valence electrons. The summed E-state index contributed by atoms with van der Waals surface area (Å²) in [5, 5.41) is 3.40. The third-order valence-electron chi connectivity index (χ3n) is 5.34. The van der Waals surface area contributed by atoms with Gasteiger partial charge >= 0.3 is 0 Å². The molecule has 4 heteroatoms. The fraction of sp³-hybridized carbons (Fsp3) is 0.611. The molecule has 1 saturated heterocycles. The number of carbonyl (C=O) groups is 1. The van der Waals surface area contributed by atoms with Gasteiger partial charge in [-0.25, -0.2) is 0 Å². The molecule has 3 nitrogen and oxygen atoms in total. The van der Waals surface area contributed by atoms with Crippen LogP contribution >= 0.6 is 12.4 Å². The minimum atomic E-state index is 0. The molecule has 2 aliphatic rings. The quantitative estimate of drug-likeness (QED) is 0.922. The molecule has 1 saturated carbocycles. The molecule has 0 aromatic heterocycles. The molecule has 1 N–H and O–H groups in total. The Labute approximate surface area is 139 Å². The fourth-order valence-corrected chi connectivity index (χ4v) is 3.63. The number of piperidine rings is 1. The van der Waals surface area contributed by atoms with Crippen molar-refractivity contribution < 1.29 is 4.79 Å². The summed E-state index contributed by atoms with van der Waals surface area (Å²) in [7, 11) is 1.93. The lowest BCUT2D eigenvalue weighted by molar-refractivity contribution is -0.120. The third-order valence-corrected chi connectivity index (χ3v) is 5.34. The lowest BCUT2D eigenvalue weighted by atomic mass is 9.91. The van der Waals surface area contributed by atoms with E-state index in [1.165, 1.54) is 5.56 Å². The molecular weight excluding hydrogens is 296 g/mol. The second kappa shape index (κ2) is 6.59.